The first-order valence-electron chi connectivity index (χ1n) is 11.2. The van der Waals surface area contributed by atoms with Crippen molar-refractivity contribution >= 4 is 40.5 Å². The van der Waals surface area contributed by atoms with Gasteiger partial charge in [-0.3, -0.25) is 14.8 Å². The lowest BCUT2D eigenvalue weighted by Gasteiger charge is -2.44. The first-order valence-corrected chi connectivity index (χ1v) is 11.5. The van der Waals surface area contributed by atoms with Gasteiger partial charge in [0.25, 0.3) is 0 Å². The minimum absolute atomic E-state index is 0.0372. The molecule has 1 saturated heterocycles. The third kappa shape index (κ3) is 5.02. The molecule has 2 amide bonds. The zero-order chi connectivity index (χ0) is 23.6. The van der Waals surface area contributed by atoms with Crippen molar-refractivity contribution in [1.29, 1.82) is 0 Å². The van der Waals surface area contributed by atoms with E-state index in [1.54, 1.807) is 37.5 Å². The topological polar surface area (TPSA) is 92.6 Å². The number of hydrogen-bond donors (Lipinski definition) is 2. The monoisotopic (exact) mass is 468 g/mol. The fourth-order valence-electron chi connectivity index (χ4n) is 4.38. The van der Waals surface area contributed by atoms with E-state index in [4.69, 9.17) is 17.3 Å². The summed E-state index contributed by atoms with van der Waals surface area (Å²) in [5.41, 5.74) is 9.92. The summed E-state index contributed by atoms with van der Waals surface area (Å²) in [7, 11) is 3.59. The van der Waals surface area contributed by atoms with Gasteiger partial charge in [0, 0.05) is 63.8 Å². The Morgan fingerprint density at radius 2 is 2.15 bits per heavy atom. The summed E-state index contributed by atoms with van der Waals surface area (Å²) in [5, 5.41) is 0.435. The molecule has 2 aromatic heterocycles. The quantitative estimate of drug-likeness (QED) is 0.380. The van der Waals surface area contributed by atoms with Crippen LogP contribution in [0.2, 0.25) is 5.15 Å². The van der Waals surface area contributed by atoms with Crippen LogP contribution in [0.4, 0.5) is 4.79 Å². The van der Waals surface area contributed by atoms with Gasteiger partial charge >= 0.3 is 6.03 Å². The molecule has 1 aliphatic heterocycles. The molecule has 1 spiro atoms. The van der Waals surface area contributed by atoms with E-state index < -0.39 is 0 Å². The highest BCUT2D eigenvalue weighted by atomic mass is 35.5. The standard InChI is InChI=1S/C24H30ClN7O/c1-17-15-31(16-24(7-8-24)32(17)23(33)30(2)3)10-4-9-27-13-19(12-26)18-11-21-20(28-14-18)5-6-22(25)29-21/h5-6,11-14H,1,4,7-10,15-16,26H2,2-3H3/p+1. The van der Waals surface area contributed by atoms with E-state index in [1.807, 2.05) is 23.2 Å². The van der Waals surface area contributed by atoms with Gasteiger partial charge in [-0.1, -0.05) is 18.2 Å². The maximum Gasteiger partial charge on any atom is 0.324 e. The van der Waals surface area contributed by atoms with E-state index in [0.29, 0.717) is 5.15 Å². The highest BCUT2D eigenvalue weighted by Gasteiger charge is 2.54. The van der Waals surface area contributed by atoms with Gasteiger partial charge in [0.1, 0.15) is 11.7 Å². The van der Waals surface area contributed by atoms with E-state index in [1.165, 1.54) is 0 Å². The second-order valence-electron chi connectivity index (χ2n) is 8.98. The summed E-state index contributed by atoms with van der Waals surface area (Å²) in [5.74, 6) is 0. The van der Waals surface area contributed by atoms with Gasteiger partial charge in [0.05, 0.1) is 22.1 Å². The number of nitrogens with one attached hydrogen (secondary N) is 1. The number of piperazine rings is 1. The fraction of sp³-hybridized carbons (Fsp3) is 0.417. The Bertz CT molecular complexity index is 1120. The molecule has 9 heteroatoms. The summed E-state index contributed by atoms with van der Waals surface area (Å²) in [6, 6.07) is 5.54. The number of aromatic nitrogens is 2. The molecule has 33 heavy (non-hydrogen) atoms. The van der Waals surface area contributed by atoms with Crippen LogP contribution in [0.5, 0.6) is 0 Å². The molecular formula is C24H31ClN7O+. The Morgan fingerprint density at radius 1 is 1.36 bits per heavy atom. The van der Waals surface area contributed by atoms with Gasteiger partial charge in [-0.15, -0.1) is 0 Å². The first kappa shape index (κ1) is 23.2. The Hall–Kier alpha value is -2.97. The maximum atomic E-state index is 12.6. The van der Waals surface area contributed by atoms with Crippen LogP contribution in [0.15, 0.2) is 42.9 Å². The van der Waals surface area contributed by atoms with Gasteiger partial charge in [0.2, 0.25) is 0 Å². The largest absolute Gasteiger partial charge is 0.404 e. The third-order valence-electron chi connectivity index (χ3n) is 6.18. The van der Waals surface area contributed by atoms with Crippen molar-refractivity contribution in [2.24, 2.45) is 5.73 Å². The van der Waals surface area contributed by atoms with Crippen molar-refractivity contribution < 1.29 is 9.79 Å². The molecule has 3 N–H and O–H groups in total. The van der Waals surface area contributed by atoms with E-state index in [2.05, 4.69) is 26.4 Å². The van der Waals surface area contributed by atoms with Crippen molar-refractivity contribution in [3.8, 4) is 0 Å². The number of allylic oxidation sites excluding steroid dienone is 1. The molecule has 0 aromatic carbocycles. The lowest BCUT2D eigenvalue weighted by molar-refractivity contribution is -0.451. The normalized spacial score (nSPS) is 18.5. The summed E-state index contributed by atoms with van der Waals surface area (Å²) in [4.78, 5) is 30.7. The predicted molar refractivity (Wildman–Crippen MR) is 132 cm³/mol. The second-order valence-corrected chi connectivity index (χ2v) is 9.37. The van der Waals surface area contributed by atoms with Crippen LogP contribution in [0.1, 0.15) is 24.8 Å². The number of halogens is 1. The fourth-order valence-corrected chi connectivity index (χ4v) is 4.54. The van der Waals surface area contributed by atoms with Crippen LogP contribution in [0.25, 0.3) is 16.6 Å². The number of pyridine rings is 2. The predicted octanol–water partition coefficient (Wildman–Crippen LogP) is 1.47. The molecule has 1 saturated carbocycles. The Labute approximate surface area is 199 Å². The average Bonchev–Trinajstić information content (AvgIpc) is 3.54. The molecule has 0 atom stereocenters. The number of nitrogens with zero attached hydrogens (tertiary/aromatic N) is 5. The number of carbonyl (C=O) groups is 1. The molecule has 2 aromatic rings. The number of urea groups is 1. The Balaban J connectivity index is 1.31. The number of hydrogen-bond acceptors (Lipinski definition) is 5. The van der Waals surface area contributed by atoms with Gasteiger partial charge in [0.15, 0.2) is 6.21 Å². The lowest BCUT2D eigenvalue weighted by Crippen LogP contribution is -2.69. The average molecular weight is 469 g/mol. The smallest absolute Gasteiger partial charge is 0.324 e. The highest BCUT2D eigenvalue weighted by molar-refractivity contribution is 6.29. The molecule has 174 valence electrons. The van der Waals surface area contributed by atoms with Gasteiger partial charge in [-0.25, -0.2) is 14.8 Å². The number of rotatable bonds is 6. The molecule has 0 unspecified atom stereocenters. The lowest BCUT2D eigenvalue weighted by atomic mass is 10.1. The van der Waals surface area contributed by atoms with E-state index in [-0.39, 0.29) is 11.6 Å². The number of amides is 2. The molecule has 2 aliphatic rings. The maximum absolute atomic E-state index is 12.6. The molecule has 0 radical (unpaired) electrons. The zero-order valence-electron chi connectivity index (χ0n) is 19.2. The minimum Gasteiger partial charge on any atom is -0.404 e. The van der Waals surface area contributed by atoms with Crippen LogP contribution in [-0.4, -0.2) is 82.7 Å². The highest BCUT2D eigenvalue weighted by Crippen LogP contribution is 2.47. The van der Waals surface area contributed by atoms with E-state index in [0.717, 1.165) is 73.3 Å². The van der Waals surface area contributed by atoms with E-state index in [9.17, 15) is 4.79 Å². The van der Waals surface area contributed by atoms with Crippen LogP contribution >= 0.6 is 11.6 Å². The van der Waals surface area contributed by atoms with Crippen molar-refractivity contribution in [1.82, 2.24) is 24.7 Å². The Kier molecular flexibility index (Phi) is 6.67. The van der Waals surface area contributed by atoms with Gasteiger partial charge in [-0.2, -0.15) is 0 Å². The molecule has 4 rings (SSSR count). The third-order valence-corrected chi connectivity index (χ3v) is 6.40. The molecular weight excluding hydrogens is 438 g/mol. The number of nitrogens with two attached hydrogens (primary N) is 1. The summed E-state index contributed by atoms with van der Waals surface area (Å²) >= 11 is 6.01. The molecule has 2 fully saturated rings. The van der Waals surface area contributed by atoms with Crippen LogP contribution in [-0.2, 0) is 0 Å². The van der Waals surface area contributed by atoms with E-state index >= 15 is 0 Å². The van der Waals surface area contributed by atoms with Crippen LogP contribution < -0.4 is 10.7 Å². The summed E-state index contributed by atoms with van der Waals surface area (Å²) < 4.78 is 0. The summed E-state index contributed by atoms with van der Waals surface area (Å²) in [6.07, 6.45) is 8.29. The zero-order valence-corrected chi connectivity index (χ0v) is 20.0. The molecule has 0 bridgehead atoms. The Morgan fingerprint density at radius 3 is 2.85 bits per heavy atom. The SMILES string of the molecule is C=C1CN(CCC[NH+]=CC(=CN)c2cnc3ccc(Cl)nc3c2)CC2(CC2)N1C(=O)N(C)C. The van der Waals surface area contributed by atoms with Crippen molar-refractivity contribution in [3.05, 3.63) is 53.6 Å². The van der Waals surface area contributed by atoms with Gasteiger partial charge in [-0.05, 0) is 31.0 Å². The van der Waals surface area contributed by atoms with Crippen molar-refractivity contribution in [2.45, 2.75) is 24.8 Å². The van der Waals surface area contributed by atoms with Crippen LogP contribution in [0.3, 0.4) is 0 Å². The minimum atomic E-state index is -0.0638. The van der Waals surface area contributed by atoms with Crippen LogP contribution in [0, 0.1) is 0 Å². The number of carbonyl (C=O) groups excluding carboxylic acids is 1. The first-order chi connectivity index (χ1) is 15.8. The molecule has 8 nitrogen and oxygen atoms in total. The van der Waals surface area contributed by atoms with Gasteiger partial charge < -0.3 is 10.6 Å². The molecule has 1 aliphatic carbocycles. The van der Waals surface area contributed by atoms with Crippen molar-refractivity contribution in [2.75, 3.05) is 40.3 Å². The number of fused-ring (bicyclic) bond motifs is 1. The van der Waals surface area contributed by atoms with Crippen molar-refractivity contribution in [3.63, 3.8) is 0 Å². The second kappa shape index (κ2) is 9.49. The summed E-state index contributed by atoms with van der Waals surface area (Å²) in [6.45, 7) is 7.56. The molecule has 3 heterocycles.